The Kier molecular flexibility index (Phi) is 7.78. The van der Waals surface area contributed by atoms with Gasteiger partial charge in [0.2, 0.25) is 0 Å². The van der Waals surface area contributed by atoms with E-state index < -0.39 is 58.4 Å². The minimum absolute atomic E-state index is 0.0593. The summed E-state index contributed by atoms with van der Waals surface area (Å²) in [5.41, 5.74) is -0.209. The van der Waals surface area contributed by atoms with Gasteiger partial charge in [-0.2, -0.15) is 0 Å². The minimum atomic E-state index is -1.05. The van der Waals surface area contributed by atoms with Gasteiger partial charge >= 0.3 is 17.9 Å². The highest BCUT2D eigenvalue weighted by atomic mass is 16.6. The van der Waals surface area contributed by atoms with Gasteiger partial charge in [0, 0.05) is 38.2 Å². The van der Waals surface area contributed by atoms with Crippen molar-refractivity contribution in [1.29, 1.82) is 0 Å². The van der Waals surface area contributed by atoms with E-state index in [1.54, 1.807) is 19.1 Å². The first-order valence-electron chi connectivity index (χ1n) is 13.8. The van der Waals surface area contributed by atoms with E-state index in [1.165, 1.54) is 32.3 Å². The van der Waals surface area contributed by atoms with E-state index in [1.807, 2.05) is 20.8 Å². The van der Waals surface area contributed by atoms with Crippen LogP contribution in [0.5, 0.6) is 0 Å². The normalized spacial score (nSPS) is 33.6. The van der Waals surface area contributed by atoms with Gasteiger partial charge in [-0.15, -0.1) is 0 Å². The van der Waals surface area contributed by atoms with Crippen LogP contribution in [0.1, 0.15) is 79.9 Å². The number of allylic oxidation sites excluding steroid dienone is 1. The second kappa shape index (κ2) is 10.5. The average molecular weight is 553 g/mol. The zero-order valence-corrected chi connectivity index (χ0v) is 24.5. The lowest BCUT2D eigenvalue weighted by Gasteiger charge is -2.58. The molecule has 216 valence electrons. The molecule has 3 aliphatic carbocycles. The predicted octanol–water partition coefficient (Wildman–Crippen LogP) is 5.77. The van der Waals surface area contributed by atoms with Crippen LogP contribution in [0.25, 0.3) is 6.08 Å². The molecule has 2 fully saturated rings. The Morgan fingerprint density at radius 2 is 1.75 bits per heavy atom. The van der Waals surface area contributed by atoms with Crippen molar-refractivity contribution < 1.29 is 37.8 Å². The smallest absolute Gasteiger partial charge is 0.331 e. The highest BCUT2D eigenvalue weighted by Crippen LogP contribution is 2.61. The molecule has 0 amide bonds. The number of ether oxygens (including phenoxy) is 3. The lowest BCUT2D eigenvalue weighted by Crippen LogP contribution is -2.59. The first-order valence-corrected chi connectivity index (χ1v) is 13.8. The van der Waals surface area contributed by atoms with Crippen molar-refractivity contribution in [1.82, 2.24) is 0 Å². The van der Waals surface area contributed by atoms with E-state index in [-0.39, 0.29) is 12.2 Å². The molecule has 1 aromatic heterocycles. The summed E-state index contributed by atoms with van der Waals surface area (Å²) in [5.74, 6) is -1.84. The maximum absolute atomic E-state index is 13.3. The lowest BCUT2D eigenvalue weighted by atomic mass is 9.49. The van der Waals surface area contributed by atoms with E-state index >= 15 is 0 Å². The third kappa shape index (κ3) is 5.32. The number of rotatable bonds is 5. The Morgan fingerprint density at radius 3 is 2.35 bits per heavy atom. The van der Waals surface area contributed by atoms with Crippen LogP contribution in [0.2, 0.25) is 0 Å². The molecule has 6 atom stereocenters. The molecule has 8 heteroatoms. The Bertz CT molecular complexity index is 1280. The Morgan fingerprint density at radius 1 is 1.07 bits per heavy atom. The fourth-order valence-corrected chi connectivity index (χ4v) is 7.35. The van der Waals surface area contributed by atoms with Crippen LogP contribution in [0.3, 0.4) is 0 Å². The summed E-state index contributed by atoms with van der Waals surface area (Å²) in [4.78, 5) is 51.1. The third-order valence-corrected chi connectivity index (χ3v) is 9.39. The largest absolute Gasteiger partial charge is 0.465 e. The van der Waals surface area contributed by atoms with Crippen molar-refractivity contribution in [3.8, 4) is 0 Å². The lowest BCUT2D eigenvalue weighted by molar-refractivity contribution is -0.177. The third-order valence-electron chi connectivity index (χ3n) is 9.39. The van der Waals surface area contributed by atoms with Crippen LogP contribution in [0.4, 0.5) is 0 Å². The maximum atomic E-state index is 13.3. The Hall–Kier alpha value is -3.42. The number of hydrogen-bond acceptors (Lipinski definition) is 8. The number of esters is 3. The molecule has 0 radical (unpaired) electrons. The molecular weight excluding hydrogens is 512 g/mol. The van der Waals surface area contributed by atoms with E-state index in [0.717, 1.165) is 5.57 Å². The van der Waals surface area contributed by atoms with Crippen molar-refractivity contribution in [2.24, 2.45) is 22.7 Å². The van der Waals surface area contributed by atoms with Gasteiger partial charge in [-0.1, -0.05) is 27.4 Å². The quantitative estimate of drug-likeness (QED) is 0.196. The highest BCUT2D eigenvalue weighted by molar-refractivity contribution is 5.97. The molecule has 0 saturated heterocycles. The van der Waals surface area contributed by atoms with E-state index in [9.17, 15) is 19.2 Å². The van der Waals surface area contributed by atoms with E-state index in [4.69, 9.17) is 18.6 Å². The molecule has 0 aliphatic heterocycles. The molecule has 3 aliphatic rings. The molecule has 1 heterocycles. The zero-order chi connectivity index (χ0) is 29.6. The SMILES string of the molecule is C=C1[C@@H]2[C@H](OC(C)=O)C3CC(=O)C(C)=C([C@@H](OC(C)=O)CC2(C)CC[C@@]1(C)OC(=O)/C=C\c1ccco1)C3(C)C. The number of furan rings is 1. The average Bonchev–Trinajstić information content (AvgIpc) is 3.35. The van der Waals surface area contributed by atoms with Gasteiger partial charge in [-0.3, -0.25) is 14.4 Å². The van der Waals surface area contributed by atoms with Gasteiger partial charge in [0.1, 0.15) is 23.6 Å². The molecular formula is C32H40O8. The molecule has 8 nitrogen and oxygen atoms in total. The molecule has 0 N–H and O–H groups in total. The molecule has 2 bridgehead atoms. The molecule has 0 spiro atoms. The van der Waals surface area contributed by atoms with Gasteiger partial charge in [0.05, 0.1) is 6.26 Å². The topological polar surface area (TPSA) is 109 Å². The van der Waals surface area contributed by atoms with Crippen LogP contribution < -0.4 is 0 Å². The van der Waals surface area contributed by atoms with Crippen LogP contribution in [-0.4, -0.2) is 41.5 Å². The monoisotopic (exact) mass is 552 g/mol. The van der Waals surface area contributed by atoms with Gasteiger partial charge in [-0.25, -0.2) is 4.79 Å². The number of hydrogen-bond donors (Lipinski definition) is 0. The summed E-state index contributed by atoms with van der Waals surface area (Å²) in [6.07, 6.45) is 4.69. The number of carbonyl (C=O) groups is 4. The molecule has 0 aromatic carbocycles. The number of Topliss-reactive ketones (excluding diaryl/α,β-unsaturated/α-hetero) is 1. The summed E-state index contributed by atoms with van der Waals surface area (Å²) < 4.78 is 23.3. The fraction of sp³-hybridized carbons (Fsp3) is 0.562. The van der Waals surface area contributed by atoms with Crippen molar-refractivity contribution in [2.75, 3.05) is 0 Å². The molecule has 2 saturated carbocycles. The van der Waals surface area contributed by atoms with Crippen LogP contribution >= 0.6 is 0 Å². The Labute approximate surface area is 235 Å². The second-order valence-corrected chi connectivity index (χ2v) is 12.5. The van der Waals surface area contributed by atoms with Gasteiger partial charge in [-0.05, 0) is 78.9 Å². The van der Waals surface area contributed by atoms with Crippen molar-refractivity contribution in [3.05, 3.63) is 53.5 Å². The molecule has 40 heavy (non-hydrogen) atoms. The van der Waals surface area contributed by atoms with Gasteiger partial charge < -0.3 is 18.6 Å². The van der Waals surface area contributed by atoms with Crippen molar-refractivity contribution in [3.63, 3.8) is 0 Å². The summed E-state index contributed by atoms with van der Waals surface area (Å²) in [6, 6.07) is 3.45. The number of carbonyl (C=O) groups excluding carboxylic acids is 4. The first kappa shape index (κ1) is 29.6. The zero-order valence-electron chi connectivity index (χ0n) is 24.5. The van der Waals surface area contributed by atoms with E-state index in [0.29, 0.717) is 36.2 Å². The molecule has 4 rings (SSSR count). The molecule has 2 unspecified atom stereocenters. The van der Waals surface area contributed by atoms with Gasteiger partial charge in [0.25, 0.3) is 0 Å². The molecule has 1 aromatic rings. The van der Waals surface area contributed by atoms with Gasteiger partial charge in [0.15, 0.2) is 5.78 Å². The van der Waals surface area contributed by atoms with Crippen molar-refractivity contribution in [2.45, 2.75) is 92.0 Å². The second-order valence-electron chi connectivity index (χ2n) is 12.5. The fourth-order valence-electron chi connectivity index (χ4n) is 7.35. The number of fused-ring (bicyclic) bond motifs is 3. The first-order chi connectivity index (χ1) is 18.6. The minimum Gasteiger partial charge on any atom is -0.465 e. The number of ketones is 1. The summed E-state index contributed by atoms with van der Waals surface area (Å²) in [6.45, 7) is 16.9. The van der Waals surface area contributed by atoms with Crippen LogP contribution in [-0.2, 0) is 33.4 Å². The predicted molar refractivity (Wildman–Crippen MR) is 148 cm³/mol. The summed E-state index contributed by atoms with van der Waals surface area (Å²) in [7, 11) is 0. The summed E-state index contributed by atoms with van der Waals surface area (Å²) in [5, 5.41) is 0. The highest BCUT2D eigenvalue weighted by Gasteiger charge is 2.61. The van der Waals surface area contributed by atoms with E-state index in [2.05, 4.69) is 13.5 Å². The van der Waals surface area contributed by atoms with Crippen LogP contribution in [0.15, 0.2) is 52.2 Å². The Balaban J connectivity index is 1.80. The van der Waals surface area contributed by atoms with Crippen molar-refractivity contribution >= 4 is 29.8 Å². The summed E-state index contributed by atoms with van der Waals surface area (Å²) >= 11 is 0. The van der Waals surface area contributed by atoms with Crippen LogP contribution in [0, 0.1) is 22.7 Å². The maximum Gasteiger partial charge on any atom is 0.331 e. The standard InChI is InChI=1S/C32H40O8/c1-18-24(35)16-23-29(39-21(4)34)28-19(2)32(8,40-26(36)12-11-22-10-9-15-37-22)14-13-31(28,7)17-25(38-20(3)33)27(18)30(23,5)6/h9-12,15,23,25,28-29H,2,13-14,16-17H2,1,3-8H3/b12-11-/t23?,25-,28+,29+,31?,32+/m0/s1.